The molecule has 0 aliphatic heterocycles. The van der Waals surface area contributed by atoms with Crippen LogP contribution >= 0.6 is 0 Å². The summed E-state index contributed by atoms with van der Waals surface area (Å²) in [6, 6.07) is 12.4. The number of nitrogens with zero attached hydrogens (tertiary/aromatic N) is 3. The van der Waals surface area contributed by atoms with Crippen molar-refractivity contribution in [1.82, 2.24) is 18.8 Å². The molecule has 0 amide bonds. The number of imidazole rings is 1. The van der Waals surface area contributed by atoms with E-state index >= 15 is 0 Å². The molecule has 0 fully saturated rings. The zero-order chi connectivity index (χ0) is 22.2. The fourth-order valence-corrected chi connectivity index (χ4v) is 4.48. The number of ether oxygens (including phenoxy) is 1. The summed E-state index contributed by atoms with van der Waals surface area (Å²) in [5, 5.41) is 0.799. The molecule has 0 saturated carbocycles. The zero-order valence-corrected chi connectivity index (χ0v) is 18.4. The standard InChI is InChI=1S/C22H24N4O4S/c1-4-11-26-20-10-9-15(31(28,29)25(2)3)12-19(20)24-21(26)14-30-22(27)17-13-23-18-8-6-5-7-16(17)18/h5-10,12-13,23H,4,11,14H2,1-3H3. The number of benzene rings is 2. The van der Waals surface area contributed by atoms with Crippen LogP contribution in [0.5, 0.6) is 0 Å². The second-order valence-corrected chi connectivity index (χ2v) is 9.59. The monoisotopic (exact) mass is 440 g/mol. The van der Waals surface area contributed by atoms with Crippen molar-refractivity contribution in [1.29, 1.82) is 0 Å². The molecule has 8 nitrogen and oxygen atoms in total. The molecule has 1 N–H and O–H groups in total. The minimum atomic E-state index is -3.57. The van der Waals surface area contributed by atoms with Crippen LogP contribution in [0.1, 0.15) is 29.5 Å². The van der Waals surface area contributed by atoms with Crippen LogP contribution in [0.25, 0.3) is 21.9 Å². The van der Waals surface area contributed by atoms with Crippen molar-refractivity contribution in [3.8, 4) is 0 Å². The topological polar surface area (TPSA) is 97.3 Å². The SMILES string of the molecule is CCCn1c(COC(=O)c2c[nH]c3ccccc23)nc2cc(S(=O)(=O)N(C)C)ccc21. The van der Waals surface area contributed by atoms with E-state index in [-0.39, 0.29) is 11.5 Å². The summed E-state index contributed by atoms with van der Waals surface area (Å²) in [6.45, 7) is 2.71. The Morgan fingerprint density at radius 2 is 1.97 bits per heavy atom. The van der Waals surface area contributed by atoms with E-state index in [1.807, 2.05) is 35.8 Å². The molecule has 0 unspecified atom stereocenters. The van der Waals surface area contributed by atoms with Crippen molar-refractivity contribution >= 4 is 37.9 Å². The number of esters is 1. The van der Waals surface area contributed by atoms with Crippen molar-refractivity contribution < 1.29 is 17.9 Å². The van der Waals surface area contributed by atoms with Crippen LogP contribution < -0.4 is 0 Å². The normalized spacial score (nSPS) is 12.1. The van der Waals surface area contributed by atoms with Crippen LogP contribution in [0.15, 0.2) is 53.6 Å². The van der Waals surface area contributed by atoms with Crippen LogP contribution in [-0.2, 0) is 27.9 Å². The number of aryl methyl sites for hydroxylation is 1. The van der Waals surface area contributed by atoms with Crippen molar-refractivity contribution in [2.24, 2.45) is 0 Å². The summed E-state index contributed by atoms with van der Waals surface area (Å²) in [4.78, 5) is 20.5. The zero-order valence-electron chi connectivity index (χ0n) is 17.6. The van der Waals surface area contributed by atoms with Gasteiger partial charge in [0.2, 0.25) is 10.0 Å². The molecule has 0 aliphatic carbocycles. The smallest absolute Gasteiger partial charge is 0.340 e. The van der Waals surface area contributed by atoms with E-state index in [1.165, 1.54) is 18.4 Å². The number of hydrogen-bond acceptors (Lipinski definition) is 5. The van der Waals surface area contributed by atoms with E-state index in [4.69, 9.17) is 4.74 Å². The van der Waals surface area contributed by atoms with Crippen molar-refractivity contribution in [2.45, 2.75) is 31.4 Å². The first kappa shape index (κ1) is 21.1. The van der Waals surface area contributed by atoms with Gasteiger partial charge in [-0.3, -0.25) is 0 Å². The number of hydrogen-bond donors (Lipinski definition) is 1. The lowest BCUT2D eigenvalue weighted by molar-refractivity contribution is 0.0461. The Balaban J connectivity index is 1.64. The van der Waals surface area contributed by atoms with E-state index in [0.717, 1.165) is 22.8 Å². The number of carbonyl (C=O) groups excluding carboxylic acids is 1. The van der Waals surface area contributed by atoms with Crippen LogP contribution in [0, 0.1) is 0 Å². The summed E-state index contributed by atoms with van der Waals surface area (Å²) < 4.78 is 33.6. The van der Waals surface area contributed by atoms with Crippen molar-refractivity contribution in [2.75, 3.05) is 14.1 Å². The molecule has 0 atom stereocenters. The van der Waals surface area contributed by atoms with Crippen LogP contribution in [0.4, 0.5) is 0 Å². The van der Waals surface area contributed by atoms with Gasteiger partial charge in [0.15, 0.2) is 0 Å². The predicted octanol–water partition coefficient (Wildman–Crippen LogP) is 3.53. The van der Waals surface area contributed by atoms with Crippen LogP contribution in [-0.4, -0.2) is 47.3 Å². The largest absolute Gasteiger partial charge is 0.454 e. The first-order chi connectivity index (χ1) is 14.8. The molecule has 4 aromatic rings. The first-order valence-corrected chi connectivity index (χ1v) is 11.4. The fraction of sp³-hybridized carbons (Fsp3) is 0.273. The second kappa shape index (κ2) is 8.16. The Kier molecular flexibility index (Phi) is 5.55. The number of para-hydroxylation sites is 1. The Morgan fingerprint density at radius 3 is 2.71 bits per heavy atom. The summed E-state index contributed by atoms with van der Waals surface area (Å²) in [5.74, 6) is 0.132. The number of rotatable bonds is 7. The fourth-order valence-electron chi connectivity index (χ4n) is 3.56. The van der Waals surface area contributed by atoms with Gasteiger partial charge in [0.25, 0.3) is 0 Å². The molecule has 162 valence electrons. The maximum absolute atomic E-state index is 12.7. The van der Waals surface area contributed by atoms with E-state index in [0.29, 0.717) is 23.4 Å². The van der Waals surface area contributed by atoms with Crippen molar-refractivity contribution in [3.05, 3.63) is 60.0 Å². The number of carbonyl (C=O) groups is 1. The number of sulfonamides is 1. The molecule has 0 saturated heterocycles. The average Bonchev–Trinajstić information content (AvgIpc) is 3.33. The first-order valence-electron chi connectivity index (χ1n) is 9.98. The van der Waals surface area contributed by atoms with Gasteiger partial charge < -0.3 is 14.3 Å². The highest BCUT2D eigenvalue weighted by molar-refractivity contribution is 7.89. The number of nitrogens with one attached hydrogen (secondary N) is 1. The highest BCUT2D eigenvalue weighted by Gasteiger charge is 2.20. The molecule has 0 radical (unpaired) electrons. The minimum absolute atomic E-state index is 0.0111. The molecule has 0 spiro atoms. The Hall–Kier alpha value is -3.17. The van der Waals surface area contributed by atoms with Gasteiger partial charge >= 0.3 is 5.97 Å². The molecule has 0 aliphatic rings. The summed E-state index contributed by atoms with van der Waals surface area (Å²) >= 11 is 0. The number of H-pyrrole nitrogens is 1. The van der Waals surface area contributed by atoms with E-state index < -0.39 is 16.0 Å². The lowest BCUT2D eigenvalue weighted by atomic mass is 10.2. The molecule has 4 rings (SSSR count). The molecule has 2 aromatic carbocycles. The van der Waals surface area contributed by atoms with E-state index in [9.17, 15) is 13.2 Å². The van der Waals surface area contributed by atoms with Gasteiger partial charge in [0.05, 0.1) is 21.5 Å². The van der Waals surface area contributed by atoms with Gasteiger partial charge in [0, 0.05) is 37.7 Å². The molecule has 2 heterocycles. The van der Waals surface area contributed by atoms with Gasteiger partial charge in [-0.25, -0.2) is 22.5 Å². The number of aromatic nitrogens is 3. The van der Waals surface area contributed by atoms with Gasteiger partial charge in [-0.2, -0.15) is 0 Å². The lowest BCUT2D eigenvalue weighted by Gasteiger charge is -2.11. The maximum atomic E-state index is 12.7. The second-order valence-electron chi connectivity index (χ2n) is 7.44. The summed E-state index contributed by atoms with van der Waals surface area (Å²) in [6.07, 6.45) is 2.49. The summed E-state index contributed by atoms with van der Waals surface area (Å²) in [5.41, 5.74) is 2.68. The number of fused-ring (bicyclic) bond motifs is 2. The minimum Gasteiger partial charge on any atom is -0.454 e. The van der Waals surface area contributed by atoms with E-state index in [1.54, 1.807) is 24.4 Å². The molecular weight excluding hydrogens is 416 g/mol. The quantitative estimate of drug-likeness (QED) is 0.444. The van der Waals surface area contributed by atoms with Crippen molar-refractivity contribution in [3.63, 3.8) is 0 Å². The molecule has 0 bridgehead atoms. The average molecular weight is 441 g/mol. The number of aromatic amines is 1. The molecular formula is C22H24N4O4S. The van der Waals surface area contributed by atoms with Gasteiger partial charge in [-0.15, -0.1) is 0 Å². The van der Waals surface area contributed by atoms with Gasteiger partial charge in [-0.1, -0.05) is 25.1 Å². The Labute approximate surface area is 180 Å². The third kappa shape index (κ3) is 3.82. The molecule has 2 aromatic heterocycles. The molecule has 31 heavy (non-hydrogen) atoms. The van der Waals surface area contributed by atoms with E-state index in [2.05, 4.69) is 9.97 Å². The third-order valence-electron chi connectivity index (χ3n) is 5.17. The maximum Gasteiger partial charge on any atom is 0.340 e. The third-order valence-corrected chi connectivity index (χ3v) is 6.98. The highest BCUT2D eigenvalue weighted by atomic mass is 32.2. The molecule has 9 heteroatoms. The van der Waals surface area contributed by atoms with Gasteiger partial charge in [0.1, 0.15) is 12.4 Å². The summed E-state index contributed by atoms with van der Waals surface area (Å²) in [7, 11) is -0.583. The predicted molar refractivity (Wildman–Crippen MR) is 118 cm³/mol. The van der Waals surface area contributed by atoms with Gasteiger partial charge in [-0.05, 0) is 30.7 Å². The Bertz CT molecular complexity index is 1370. The highest BCUT2D eigenvalue weighted by Crippen LogP contribution is 2.24. The Morgan fingerprint density at radius 1 is 1.19 bits per heavy atom. The van der Waals surface area contributed by atoms with Crippen LogP contribution in [0.2, 0.25) is 0 Å². The van der Waals surface area contributed by atoms with Crippen LogP contribution in [0.3, 0.4) is 0 Å². The lowest BCUT2D eigenvalue weighted by Crippen LogP contribution is -2.22.